The Labute approximate surface area is 307 Å². The molecular weight excluding hydrogens is 680 g/mol. The molecule has 0 unspecified atom stereocenters. The molecule has 0 amide bonds. The minimum atomic E-state index is -1.02. The standard InChI is InChI=1S/C46H30O8/c47-39-35-33(26-15-8-14-25(22-26)28-19-9-13-24-12-4-5-16-27(24)28)36-38(42(50)46(54)44(52)40(36)48)34(37(35)41(49)45(53)43(39)51)32-21-20-29(23-10-2-1-3-11-23)30-17-6-7-18-31(30)32/h1-22,47-54H. The Bertz CT molecular complexity index is 2940. The van der Waals surface area contributed by atoms with Gasteiger partial charge in [0.05, 0.1) is 0 Å². The molecule has 9 rings (SSSR count). The molecule has 8 heteroatoms. The topological polar surface area (TPSA) is 162 Å². The predicted molar refractivity (Wildman–Crippen MR) is 212 cm³/mol. The highest BCUT2D eigenvalue weighted by atomic mass is 16.4. The van der Waals surface area contributed by atoms with E-state index in [1.165, 1.54) is 0 Å². The Morgan fingerprint density at radius 2 is 0.667 bits per heavy atom. The van der Waals surface area contributed by atoms with Gasteiger partial charge in [-0.25, -0.2) is 0 Å². The van der Waals surface area contributed by atoms with Crippen LogP contribution in [0.15, 0.2) is 133 Å². The van der Waals surface area contributed by atoms with E-state index in [0.717, 1.165) is 38.4 Å². The molecule has 9 aromatic carbocycles. The van der Waals surface area contributed by atoms with Gasteiger partial charge >= 0.3 is 0 Å². The molecule has 8 N–H and O–H groups in total. The maximum atomic E-state index is 11.8. The zero-order valence-corrected chi connectivity index (χ0v) is 28.3. The monoisotopic (exact) mass is 710 g/mol. The van der Waals surface area contributed by atoms with E-state index < -0.39 is 46.0 Å². The second-order valence-electron chi connectivity index (χ2n) is 13.2. The van der Waals surface area contributed by atoms with E-state index in [1.807, 2.05) is 103 Å². The average Bonchev–Trinajstić information content (AvgIpc) is 3.22. The Morgan fingerprint density at radius 3 is 1.28 bits per heavy atom. The van der Waals surface area contributed by atoms with Crippen LogP contribution < -0.4 is 0 Å². The van der Waals surface area contributed by atoms with Crippen molar-refractivity contribution in [2.45, 2.75) is 0 Å². The van der Waals surface area contributed by atoms with Crippen LogP contribution in [0.4, 0.5) is 0 Å². The molecule has 9 aromatic rings. The van der Waals surface area contributed by atoms with Crippen LogP contribution in [0.2, 0.25) is 0 Å². The van der Waals surface area contributed by atoms with Crippen LogP contribution in [0.3, 0.4) is 0 Å². The molecule has 0 spiro atoms. The Morgan fingerprint density at radius 1 is 0.259 bits per heavy atom. The van der Waals surface area contributed by atoms with Crippen LogP contribution in [0.5, 0.6) is 46.0 Å². The first-order chi connectivity index (χ1) is 26.2. The Balaban J connectivity index is 1.49. The lowest BCUT2D eigenvalue weighted by Crippen LogP contribution is -1.96. The summed E-state index contributed by atoms with van der Waals surface area (Å²) in [6.07, 6.45) is 0. The van der Waals surface area contributed by atoms with Crippen molar-refractivity contribution >= 4 is 43.1 Å². The summed E-state index contributed by atoms with van der Waals surface area (Å²) in [5.41, 5.74) is 4.08. The van der Waals surface area contributed by atoms with E-state index in [2.05, 4.69) is 0 Å². The summed E-state index contributed by atoms with van der Waals surface area (Å²) < 4.78 is 0. The van der Waals surface area contributed by atoms with E-state index in [0.29, 0.717) is 16.5 Å². The molecule has 0 fully saturated rings. The van der Waals surface area contributed by atoms with Crippen molar-refractivity contribution in [1.82, 2.24) is 0 Å². The minimum absolute atomic E-state index is 0.00373. The lowest BCUT2D eigenvalue weighted by Gasteiger charge is -2.23. The first kappa shape index (κ1) is 32.3. The van der Waals surface area contributed by atoms with Gasteiger partial charge in [-0.1, -0.05) is 127 Å². The average molecular weight is 711 g/mol. The Hall–Kier alpha value is -7.58. The van der Waals surface area contributed by atoms with Gasteiger partial charge in [0, 0.05) is 32.7 Å². The zero-order chi connectivity index (χ0) is 37.4. The van der Waals surface area contributed by atoms with Crippen LogP contribution in [0, 0.1) is 0 Å². The van der Waals surface area contributed by atoms with Crippen molar-refractivity contribution < 1.29 is 40.9 Å². The van der Waals surface area contributed by atoms with Gasteiger partial charge in [-0.15, -0.1) is 0 Å². The fourth-order valence-corrected chi connectivity index (χ4v) is 7.88. The highest BCUT2D eigenvalue weighted by Gasteiger charge is 2.33. The number of hydrogen-bond acceptors (Lipinski definition) is 8. The summed E-state index contributed by atoms with van der Waals surface area (Å²) in [5.74, 6) is -7.39. The number of fused-ring (bicyclic) bond motifs is 4. The van der Waals surface area contributed by atoms with E-state index >= 15 is 0 Å². The number of phenolic OH excluding ortho intramolecular Hbond substituents is 8. The zero-order valence-electron chi connectivity index (χ0n) is 28.3. The third-order valence-electron chi connectivity index (χ3n) is 10.3. The van der Waals surface area contributed by atoms with Gasteiger partial charge in [-0.05, 0) is 61.0 Å². The third-order valence-corrected chi connectivity index (χ3v) is 10.3. The summed E-state index contributed by atoms with van der Waals surface area (Å²) in [6.45, 7) is 0. The van der Waals surface area contributed by atoms with Gasteiger partial charge in [0.25, 0.3) is 0 Å². The lowest BCUT2D eigenvalue weighted by atomic mass is 9.81. The molecule has 8 nitrogen and oxygen atoms in total. The van der Waals surface area contributed by atoms with Crippen LogP contribution in [0.1, 0.15) is 0 Å². The van der Waals surface area contributed by atoms with E-state index in [4.69, 9.17) is 0 Å². The van der Waals surface area contributed by atoms with E-state index in [-0.39, 0.29) is 32.7 Å². The number of phenols is 8. The van der Waals surface area contributed by atoms with Crippen LogP contribution in [-0.4, -0.2) is 40.9 Å². The molecule has 0 saturated carbocycles. The summed E-state index contributed by atoms with van der Waals surface area (Å²) in [4.78, 5) is 0. The molecule has 0 saturated heterocycles. The molecule has 0 aromatic heterocycles. The molecular formula is C46H30O8. The van der Waals surface area contributed by atoms with Crippen LogP contribution >= 0.6 is 0 Å². The van der Waals surface area contributed by atoms with Crippen LogP contribution in [-0.2, 0) is 0 Å². The number of benzene rings is 9. The van der Waals surface area contributed by atoms with E-state index in [9.17, 15) is 40.9 Å². The van der Waals surface area contributed by atoms with E-state index in [1.54, 1.807) is 30.3 Å². The molecule has 54 heavy (non-hydrogen) atoms. The first-order valence-corrected chi connectivity index (χ1v) is 17.1. The molecule has 0 bridgehead atoms. The molecule has 0 aliphatic rings. The van der Waals surface area contributed by atoms with Gasteiger partial charge in [0.1, 0.15) is 0 Å². The minimum Gasteiger partial charge on any atom is -0.504 e. The van der Waals surface area contributed by atoms with Gasteiger partial charge < -0.3 is 40.9 Å². The van der Waals surface area contributed by atoms with Gasteiger partial charge in [-0.2, -0.15) is 0 Å². The second-order valence-corrected chi connectivity index (χ2v) is 13.2. The van der Waals surface area contributed by atoms with Crippen LogP contribution in [0.25, 0.3) is 87.6 Å². The molecule has 0 heterocycles. The highest BCUT2D eigenvalue weighted by molar-refractivity contribution is 6.30. The van der Waals surface area contributed by atoms with Crippen molar-refractivity contribution in [3.63, 3.8) is 0 Å². The largest absolute Gasteiger partial charge is 0.504 e. The summed E-state index contributed by atoms with van der Waals surface area (Å²) in [5, 5.41) is 93.9. The first-order valence-electron chi connectivity index (χ1n) is 17.1. The normalized spacial score (nSPS) is 11.6. The highest BCUT2D eigenvalue weighted by Crippen LogP contribution is 2.62. The second kappa shape index (κ2) is 12.0. The molecule has 0 aliphatic heterocycles. The van der Waals surface area contributed by atoms with Gasteiger partial charge in [-0.3, -0.25) is 0 Å². The van der Waals surface area contributed by atoms with Crippen molar-refractivity contribution in [2.75, 3.05) is 0 Å². The number of hydrogen-bond donors (Lipinski definition) is 8. The van der Waals surface area contributed by atoms with Crippen molar-refractivity contribution in [3.8, 4) is 90.5 Å². The number of rotatable bonds is 4. The third kappa shape index (κ3) is 4.57. The maximum absolute atomic E-state index is 11.8. The molecule has 0 radical (unpaired) electrons. The quantitative estimate of drug-likeness (QED) is 0.0508. The van der Waals surface area contributed by atoms with Crippen molar-refractivity contribution in [2.24, 2.45) is 0 Å². The fourth-order valence-electron chi connectivity index (χ4n) is 7.88. The predicted octanol–water partition coefficient (Wildman–Crippen LogP) is 10.6. The lowest BCUT2D eigenvalue weighted by molar-refractivity contribution is 0.350. The maximum Gasteiger partial charge on any atom is 0.204 e. The summed E-state index contributed by atoms with van der Waals surface area (Å²) >= 11 is 0. The summed E-state index contributed by atoms with van der Waals surface area (Å²) in [7, 11) is 0. The number of aromatic hydroxyl groups is 8. The molecule has 0 aliphatic carbocycles. The summed E-state index contributed by atoms with van der Waals surface area (Å²) in [6, 6.07) is 41.4. The Kier molecular flexibility index (Phi) is 7.19. The molecule has 262 valence electrons. The molecule has 0 atom stereocenters. The SMILES string of the molecule is Oc1c(O)c(O)c2c(-c3ccc(-c4ccccc4)c4ccccc34)c3c(O)c(O)c(O)c(O)c3c(-c3cccc(-c4cccc5ccccc45)c3)c2c1O. The van der Waals surface area contributed by atoms with Gasteiger partial charge in [0.2, 0.25) is 23.0 Å². The van der Waals surface area contributed by atoms with Crippen molar-refractivity contribution in [1.29, 1.82) is 0 Å². The van der Waals surface area contributed by atoms with Crippen molar-refractivity contribution in [3.05, 3.63) is 133 Å². The smallest absolute Gasteiger partial charge is 0.204 e. The van der Waals surface area contributed by atoms with Gasteiger partial charge in [0.15, 0.2) is 23.0 Å². The fraction of sp³-hybridized carbons (Fsp3) is 0.